The van der Waals surface area contributed by atoms with Crippen molar-refractivity contribution in [1.29, 1.82) is 0 Å². The number of likely N-dealkylation sites (tertiary alicyclic amines) is 1. The topological polar surface area (TPSA) is 20.3 Å². The maximum Gasteiger partial charge on any atom is 0.176 e. The number of benzene rings is 1. The van der Waals surface area contributed by atoms with Crippen LogP contribution in [0.15, 0.2) is 24.3 Å². The molecule has 20 heavy (non-hydrogen) atoms. The first-order valence-electron chi connectivity index (χ1n) is 7.89. The highest BCUT2D eigenvalue weighted by molar-refractivity contribution is 5.97. The molecule has 1 saturated heterocycles. The second-order valence-electron chi connectivity index (χ2n) is 6.68. The van der Waals surface area contributed by atoms with E-state index in [9.17, 15) is 4.79 Å². The average Bonchev–Trinajstić information content (AvgIpc) is 2.41. The molecule has 1 aliphatic heterocycles. The van der Waals surface area contributed by atoms with Crippen molar-refractivity contribution in [3.8, 4) is 0 Å². The van der Waals surface area contributed by atoms with Crippen molar-refractivity contribution in [2.75, 3.05) is 19.6 Å². The van der Waals surface area contributed by atoms with Crippen LogP contribution in [0.25, 0.3) is 0 Å². The first kappa shape index (κ1) is 15.2. The molecular formula is C18H27NO. The summed E-state index contributed by atoms with van der Waals surface area (Å²) >= 11 is 0. The number of piperidine rings is 1. The van der Waals surface area contributed by atoms with Gasteiger partial charge in [0.25, 0.3) is 0 Å². The number of Topliss-reactive ketones (excluding diaryl/α,β-unsaturated/α-hetero) is 1. The van der Waals surface area contributed by atoms with Crippen LogP contribution < -0.4 is 0 Å². The number of rotatable bonds is 5. The molecule has 2 rings (SSSR count). The average molecular weight is 273 g/mol. The summed E-state index contributed by atoms with van der Waals surface area (Å²) in [6.45, 7) is 9.45. The lowest BCUT2D eigenvalue weighted by atomic mass is 9.98. The van der Waals surface area contributed by atoms with Gasteiger partial charge in [-0.3, -0.25) is 9.69 Å². The third kappa shape index (κ3) is 4.45. The third-order valence-corrected chi connectivity index (χ3v) is 4.16. The summed E-state index contributed by atoms with van der Waals surface area (Å²) in [5.74, 6) is 1.74. The van der Waals surface area contributed by atoms with Gasteiger partial charge in [0.1, 0.15) is 0 Å². The maximum absolute atomic E-state index is 12.3. The van der Waals surface area contributed by atoms with Gasteiger partial charge in [-0.2, -0.15) is 0 Å². The molecule has 0 saturated carbocycles. The van der Waals surface area contributed by atoms with Crippen LogP contribution in [0.2, 0.25) is 0 Å². The van der Waals surface area contributed by atoms with E-state index in [0.29, 0.717) is 12.5 Å². The van der Waals surface area contributed by atoms with Crippen molar-refractivity contribution in [3.05, 3.63) is 35.4 Å². The molecule has 1 fully saturated rings. The van der Waals surface area contributed by atoms with E-state index >= 15 is 0 Å². The third-order valence-electron chi connectivity index (χ3n) is 4.16. The fourth-order valence-electron chi connectivity index (χ4n) is 2.81. The van der Waals surface area contributed by atoms with Gasteiger partial charge in [-0.05, 0) is 49.8 Å². The highest BCUT2D eigenvalue weighted by Gasteiger charge is 2.18. The summed E-state index contributed by atoms with van der Waals surface area (Å²) in [4.78, 5) is 14.6. The fourth-order valence-corrected chi connectivity index (χ4v) is 2.81. The number of ketones is 1. The number of carbonyl (C=O) groups excluding carboxylic acids is 1. The number of carbonyl (C=O) groups is 1. The van der Waals surface area contributed by atoms with Crippen LogP contribution in [0.3, 0.4) is 0 Å². The minimum absolute atomic E-state index is 0.260. The Morgan fingerprint density at radius 2 is 1.80 bits per heavy atom. The molecule has 0 N–H and O–H groups in total. The van der Waals surface area contributed by atoms with Crippen molar-refractivity contribution >= 4 is 5.78 Å². The molecule has 0 aliphatic carbocycles. The van der Waals surface area contributed by atoms with E-state index in [0.717, 1.165) is 31.0 Å². The van der Waals surface area contributed by atoms with Crippen LogP contribution >= 0.6 is 0 Å². The predicted molar refractivity (Wildman–Crippen MR) is 84.2 cm³/mol. The summed E-state index contributed by atoms with van der Waals surface area (Å²) in [7, 11) is 0. The Morgan fingerprint density at radius 3 is 2.35 bits per heavy atom. The van der Waals surface area contributed by atoms with Gasteiger partial charge in [0, 0.05) is 5.56 Å². The molecule has 2 nitrogen and oxygen atoms in total. The molecule has 0 unspecified atom stereocenters. The summed E-state index contributed by atoms with van der Waals surface area (Å²) < 4.78 is 0. The zero-order chi connectivity index (χ0) is 14.5. The van der Waals surface area contributed by atoms with Crippen molar-refractivity contribution in [2.45, 2.75) is 40.0 Å². The number of hydrogen-bond acceptors (Lipinski definition) is 2. The normalized spacial score (nSPS) is 17.6. The quantitative estimate of drug-likeness (QED) is 0.761. The lowest BCUT2D eigenvalue weighted by Crippen LogP contribution is -2.36. The summed E-state index contributed by atoms with van der Waals surface area (Å²) in [5.41, 5.74) is 2.18. The van der Waals surface area contributed by atoms with Crippen molar-refractivity contribution in [3.63, 3.8) is 0 Å². The van der Waals surface area contributed by atoms with E-state index in [2.05, 4.69) is 37.8 Å². The first-order valence-corrected chi connectivity index (χ1v) is 7.89. The molecular weight excluding hydrogens is 246 g/mol. The second-order valence-corrected chi connectivity index (χ2v) is 6.68. The van der Waals surface area contributed by atoms with Gasteiger partial charge in [0.15, 0.2) is 5.78 Å². The van der Waals surface area contributed by atoms with E-state index in [1.165, 1.54) is 18.4 Å². The van der Waals surface area contributed by atoms with Crippen LogP contribution in [0.4, 0.5) is 0 Å². The molecule has 1 heterocycles. The Morgan fingerprint density at radius 1 is 1.20 bits per heavy atom. The zero-order valence-electron chi connectivity index (χ0n) is 13.1. The predicted octanol–water partition coefficient (Wildman–Crippen LogP) is 3.80. The van der Waals surface area contributed by atoms with Gasteiger partial charge in [-0.1, -0.05) is 45.0 Å². The summed E-state index contributed by atoms with van der Waals surface area (Å²) in [6, 6.07) is 8.19. The van der Waals surface area contributed by atoms with E-state index in [4.69, 9.17) is 0 Å². The highest BCUT2D eigenvalue weighted by Crippen LogP contribution is 2.16. The van der Waals surface area contributed by atoms with Crippen LogP contribution in [0, 0.1) is 11.8 Å². The molecule has 0 atom stereocenters. The number of nitrogens with zero attached hydrogens (tertiary/aromatic N) is 1. The standard InChI is InChI=1S/C18H27NO/c1-14(2)12-16-4-6-17(7-5-16)18(20)13-19-10-8-15(3)9-11-19/h4-7,14-15H,8-13H2,1-3H3. The summed E-state index contributed by atoms with van der Waals surface area (Å²) in [6.07, 6.45) is 3.53. The van der Waals surface area contributed by atoms with Crippen LogP contribution in [-0.2, 0) is 6.42 Å². The molecule has 0 bridgehead atoms. The van der Waals surface area contributed by atoms with Crippen LogP contribution in [0.5, 0.6) is 0 Å². The first-order chi connectivity index (χ1) is 9.54. The number of hydrogen-bond donors (Lipinski definition) is 0. The Labute approximate surface area is 123 Å². The molecule has 0 aromatic heterocycles. The van der Waals surface area contributed by atoms with Gasteiger partial charge < -0.3 is 0 Å². The van der Waals surface area contributed by atoms with E-state index in [1.807, 2.05) is 12.1 Å². The highest BCUT2D eigenvalue weighted by atomic mass is 16.1. The Balaban J connectivity index is 1.89. The molecule has 0 spiro atoms. The minimum Gasteiger partial charge on any atom is -0.296 e. The van der Waals surface area contributed by atoms with Gasteiger partial charge >= 0.3 is 0 Å². The smallest absolute Gasteiger partial charge is 0.176 e. The minimum atomic E-state index is 0.260. The van der Waals surface area contributed by atoms with Crippen molar-refractivity contribution in [2.24, 2.45) is 11.8 Å². The molecule has 2 heteroatoms. The summed E-state index contributed by atoms with van der Waals surface area (Å²) in [5, 5.41) is 0. The van der Waals surface area contributed by atoms with Gasteiger partial charge in [-0.25, -0.2) is 0 Å². The fraction of sp³-hybridized carbons (Fsp3) is 0.611. The molecule has 0 amide bonds. The van der Waals surface area contributed by atoms with Gasteiger partial charge in [-0.15, -0.1) is 0 Å². The lowest BCUT2D eigenvalue weighted by molar-refractivity contribution is 0.0900. The Bertz CT molecular complexity index is 427. The van der Waals surface area contributed by atoms with Crippen LogP contribution in [0.1, 0.15) is 49.5 Å². The van der Waals surface area contributed by atoms with Crippen molar-refractivity contribution in [1.82, 2.24) is 4.90 Å². The van der Waals surface area contributed by atoms with Gasteiger partial charge in [0.05, 0.1) is 6.54 Å². The molecule has 110 valence electrons. The zero-order valence-corrected chi connectivity index (χ0v) is 13.1. The molecule has 1 aromatic rings. The Kier molecular flexibility index (Phi) is 5.36. The van der Waals surface area contributed by atoms with Crippen LogP contribution in [-0.4, -0.2) is 30.3 Å². The van der Waals surface area contributed by atoms with Gasteiger partial charge in [0.2, 0.25) is 0 Å². The Hall–Kier alpha value is -1.15. The van der Waals surface area contributed by atoms with E-state index in [-0.39, 0.29) is 5.78 Å². The maximum atomic E-state index is 12.3. The SMILES string of the molecule is CC(C)Cc1ccc(C(=O)CN2CCC(C)CC2)cc1. The monoisotopic (exact) mass is 273 g/mol. The molecule has 1 aliphatic rings. The van der Waals surface area contributed by atoms with E-state index in [1.54, 1.807) is 0 Å². The lowest BCUT2D eigenvalue weighted by Gasteiger charge is -2.29. The van der Waals surface area contributed by atoms with E-state index < -0.39 is 0 Å². The largest absolute Gasteiger partial charge is 0.296 e. The second kappa shape index (κ2) is 7.03. The molecule has 0 radical (unpaired) electrons. The van der Waals surface area contributed by atoms with Crippen molar-refractivity contribution < 1.29 is 4.79 Å². The molecule has 1 aromatic carbocycles.